The highest BCUT2D eigenvalue weighted by Gasteiger charge is 2.24. The molecule has 0 bridgehead atoms. The number of amides is 1. The van der Waals surface area contributed by atoms with Crippen molar-refractivity contribution in [2.75, 3.05) is 32.7 Å². The van der Waals surface area contributed by atoms with Gasteiger partial charge < -0.3 is 10.6 Å². The zero-order chi connectivity index (χ0) is 15.2. The Labute approximate surface area is 133 Å². The smallest absolute Gasteiger partial charge is 0.234 e. The third kappa shape index (κ3) is 4.55. The minimum absolute atomic E-state index is 0.112. The van der Waals surface area contributed by atoms with E-state index in [0.717, 1.165) is 25.6 Å². The number of rotatable bonds is 8. The second-order valence-corrected chi connectivity index (χ2v) is 6.55. The van der Waals surface area contributed by atoms with Gasteiger partial charge in [-0.2, -0.15) is 0 Å². The maximum atomic E-state index is 12.0. The van der Waals surface area contributed by atoms with Crippen molar-refractivity contribution in [3.05, 3.63) is 35.9 Å². The molecule has 0 radical (unpaired) electrons. The molecule has 4 nitrogen and oxygen atoms in total. The summed E-state index contributed by atoms with van der Waals surface area (Å²) in [6.07, 6.45) is 5.17. The lowest BCUT2D eigenvalue weighted by atomic mass is 10.1. The van der Waals surface area contributed by atoms with Crippen LogP contribution in [0.5, 0.6) is 0 Å². The topological polar surface area (TPSA) is 44.4 Å². The molecule has 1 saturated carbocycles. The fourth-order valence-electron chi connectivity index (χ4n) is 3.17. The van der Waals surface area contributed by atoms with Crippen LogP contribution in [0.2, 0.25) is 0 Å². The molecule has 1 aromatic rings. The molecule has 2 aliphatic rings. The summed E-state index contributed by atoms with van der Waals surface area (Å²) in [5.41, 5.74) is 1.30. The lowest BCUT2D eigenvalue weighted by Gasteiger charge is -2.28. The molecule has 1 aliphatic carbocycles. The average molecular weight is 301 g/mol. The zero-order valence-corrected chi connectivity index (χ0v) is 13.3. The summed E-state index contributed by atoms with van der Waals surface area (Å²) in [5, 5.41) is 6.36. The van der Waals surface area contributed by atoms with E-state index in [9.17, 15) is 4.79 Å². The Balaban J connectivity index is 1.49. The predicted molar refractivity (Wildman–Crippen MR) is 88.6 cm³/mol. The van der Waals surface area contributed by atoms with E-state index < -0.39 is 0 Å². The summed E-state index contributed by atoms with van der Waals surface area (Å²) in [6, 6.07) is 10.8. The molecule has 2 fully saturated rings. The summed E-state index contributed by atoms with van der Waals surface area (Å²) >= 11 is 0. The molecule has 3 rings (SSSR count). The maximum Gasteiger partial charge on any atom is 0.234 e. The molecular formula is C18H27N3O. The molecule has 120 valence electrons. The van der Waals surface area contributed by atoms with E-state index in [1.807, 2.05) is 6.07 Å². The summed E-state index contributed by atoms with van der Waals surface area (Å²) in [5.74, 6) is 0.926. The van der Waals surface area contributed by atoms with E-state index >= 15 is 0 Å². The van der Waals surface area contributed by atoms with Gasteiger partial charge in [-0.1, -0.05) is 30.3 Å². The van der Waals surface area contributed by atoms with Crippen molar-refractivity contribution >= 4 is 5.91 Å². The quantitative estimate of drug-likeness (QED) is 0.771. The van der Waals surface area contributed by atoms with Gasteiger partial charge >= 0.3 is 0 Å². The number of likely N-dealkylation sites (tertiary alicyclic amines) is 1. The molecule has 2 N–H and O–H groups in total. The molecule has 4 heteroatoms. The first-order chi connectivity index (χ1) is 10.8. The summed E-state index contributed by atoms with van der Waals surface area (Å²) in [4.78, 5) is 14.5. The fourth-order valence-corrected chi connectivity index (χ4v) is 3.17. The first-order valence-corrected chi connectivity index (χ1v) is 8.59. The van der Waals surface area contributed by atoms with Gasteiger partial charge in [-0.05, 0) is 56.8 Å². The van der Waals surface area contributed by atoms with Crippen LogP contribution in [0.25, 0.3) is 0 Å². The largest absolute Gasteiger partial charge is 0.353 e. The molecular weight excluding hydrogens is 274 g/mol. The highest BCUT2D eigenvalue weighted by molar-refractivity contribution is 5.78. The van der Waals surface area contributed by atoms with E-state index in [-0.39, 0.29) is 5.91 Å². The number of carbonyl (C=O) groups excluding carboxylic acids is 1. The molecule has 1 amide bonds. The summed E-state index contributed by atoms with van der Waals surface area (Å²) in [7, 11) is 0. The van der Waals surface area contributed by atoms with Gasteiger partial charge in [-0.15, -0.1) is 0 Å². The van der Waals surface area contributed by atoms with Crippen molar-refractivity contribution in [3.63, 3.8) is 0 Å². The number of benzene rings is 1. The Hall–Kier alpha value is -1.39. The van der Waals surface area contributed by atoms with Crippen molar-refractivity contribution in [1.29, 1.82) is 0 Å². The number of nitrogens with one attached hydrogen (secondary N) is 2. The lowest BCUT2D eigenvalue weighted by Crippen LogP contribution is -2.40. The van der Waals surface area contributed by atoms with Crippen LogP contribution in [0.1, 0.15) is 37.3 Å². The van der Waals surface area contributed by atoms with Gasteiger partial charge in [-0.3, -0.25) is 9.69 Å². The molecule has 1 saturated heterocycles. The summed E-state index contributed by atoms with van der Waals surface area (Å²) in [6.45, 7) is 4.40. The Bertz CT molecular complexity index is 466. The number of hydrogen-bond acceptors (Lipinski definition) is 3. The number of nitrogens with zero attached hydrogens (tertiary/aromatic N) is 1. The van der Waals surface area contributed by atoms with Crippen LogP contribution < -0.4 is 10.6 Å². The van der Waals surface area contributed by atoms with Gasteiger partial charge in [0.25, 0.3) is 0 Å². The van der Waals surface area contributed by atoms with Crippen LogP contribution in [-0.2, 0) is 4.79 Å². The highest BCUT2D eigenvalue weighted by atomic mass is 16.1. The van der Waals surface area contributed by atoms with E-state index in [4.69, 9.17) is 0 Å². The Morgan fingerprint density at radius 1 is 1.18 bits per heavy atom. The highest BCUT2D eigenvalue weighted by Crippen LogP contribution is 2.27. The van der Waals surface area contributed by atoms with Crippen LogP contribution in [0.4, 0.5) is 0 Å². The van der Waals surface area contributed by atoms with Crippen LogP contribution in [0, 0.1) is 5.92 Å². The SMILES string of the molecule is O=C(CNCC1CC1)NCC(c1ccccc1)N1CCCC1. The van der Waals surface area contributed by atoms with Gasteiger partial charge in [0, 0.05) is 6.54 Å². The monoisotopic (exact) mass is 301 g/mol. The molecule has 0 aromatic heterocycles. The zero-order valence-electron chi connectivity index (χ0n) is 13.3. The van der Waals surface area contributed by atoms with Crippen molar-refractivity contribution in [1.82, 2.24) is 15.5 Å². The van der Waals surface area contributed by atoms with Crippen LogP contribution in [0.3, 0.4) is 0 Å². The molecule has 1 atom stereocenters. The molecule has 0 spiro atoms. The van der Waals surface area contributed by atoms with Gasteiger partial charge in [0.1, 0.15) is 0 Å². The Morgan fingerprint density at radius 3 is 2.59 bits per heavy atom. The fraction of sp³-hybridized carbons (Fsp3) is 0.611. The number of carbonyl (C=O) groups is 1. The Kier molecular flexibility index (Phi) is 5.46. The molecule has 1 unspecified atom stereocenters. The van der Waals surface area contributed by atoms with Crippen LogP contribution in [-0.4, -0.2) is 43.5 Å². The van der Waals surface area contributed by atoms with Gasteiger partial charge in [0.2, 0.25) is 5.91 Å². The molecule has 22 heavy (non-hydrogen) atoms. The normalized spacial score (nSPS) is 20.0. The first kappa shape index (κ1) is 15.5. The molecule has 1 aromatic carbocycles. The lowest BCUT2D eigenvalue weighted by molar-refractivity contribution is -0.120. The Morgan fingerprint density at radius 2 is 1.91 bits per heavy atom. The van der Waals surface area contributed by atoms with Gasteiger partial charge in [-0.25, -0.2) is 0 Å². The van der Waals surface area contributed by atoms with Gasteiger partial charge in [0.05, 0.1) is 12.6 Å². The van der Waals surface area contributed by atoms with Crippen LogP contribution in [0.15, 0.2) is 30.3 Å². The molecule has 1 aliphatic heterocycles. The minimum Gasteiger partial charge on any atom is -0.353 e. The molecule has 1 heterocycles. The van der Waals surface area contributed by atoms with E-state index in [0.29, 0.717) is 19.1 Å². The van der Waals surface area contributed by atoms with E-state index in [1.54, 1.807) is 0 Å². The maximum absolute atomic E-state index is 12.0. The van der Waals surface area contributed by atoms with E-state index in [2.05, 4.69) is 39.8 Å². The second-order valence-electron chi connectivity index (χ2n) is 6.55. The van der Waals surface area contributed by atoms with Gasteiger partial charge in [0.15, 0.2) is 0 Å². The van der Waals surface area contributed by atoms with Crippen molar-refractivity contribution in [2.45, 2.75) is 31.7 Å². The van der Waals surface area contributed by atoms with Crippen molar-refractivity contribution in [2.24, 2.45) is 5.92 Å². The average Bonchev–Trinajstić information content (AvgIpc) is 3.21. The third-order valence-corrected chi connectivity index (χ3v) is 4.67. The first-order valence-electron chi connectivity index (χ1n) is 8.59. The van der Waals surface area contributed by atoms with E-state index in [1.165, 1.54) is 31.2 Å². The van der Waals surface area contributed by atoms with Crippen LogP contribution >= 0.6 is 0 Å². The standard InChI is InChI=1S/C18H27N3O/c22-18(14-19-12-15-8-9-15)20-13-17(21-10-4-5-11-21)16-6-2-1-3-7-16/h1-3,6-7,15,17,19H,4-5,8-14H2,(H,20,22). The summed E-state index contributed by atoms with van der Waals surface area (Å²) < 4.78 is 0. The minimum atomic E-state index is 0.112. The third-order valence-electron chi connectivity index (χ3n) is 4.67. The number of hydrogen-bond donors (Lipinski definition) is 2. The van der Waals surface area contributed by atoms with Crippen molar-refractivity contribution in [3.8, 4) is 0 Å². The predicted octanol–water partition coefficient (Wildman–Crippen LogP) is 1.94. The van der Waals surface area contributed by atoms with Crippen molar-refractivity contribution < 1.29 is 4.79 Å². The second kappa shape index (κ2) is 7.75.